The van der Waals surface area contributed by atoms with Gasteiger partial charge in [0.15, 0.2) is 11.5 Å². The molecule has 5 rings (SSSR count). The molecule has 0 spiro atoms. The highest BCUT2D eigenvalue weighted by molar-refractivity contribution is 6.30. The summed E-state index contributed by atoms with van der Waals surface area (Å²) in [5.74, 6) is -0.276. The number of piperazine rings is 1. The van der Waals surface area contributed by atoms with Crippen LogP contribution in [0.2, 0.25) is 5.02 Å². The van der Waals surface area contributed by atoms with E-state index in [9.17, 15) is 4.79 Å². The zero-order valence-electron chi connectivity index (χ0n) is 16.5. The van der Waals surface area contributed by atoms with E-state index in [1.807, 2.05) is 6.07 Å². The number of nitrogens with two attached hydrogens (primary N) is 1. The summed E-state index contributed by atoms with van der Waals surface area (Å²) in [5.41, 5.74) is 8.17. The zero-order valence-corrected chi connectivity index (χ0v) is 17.2. The van der Waals surface area contributed by atoms with Gasteiger partial charge in [-0.3, -0.25) is 14.7 Å². The smallest absolute Gasteiger partial charge is 0.263 e. The van der Waals surface area contributed by atoms with Gasteiger partial charge < -0.3 is 16.0 Å². The van der Waals surface area contributed by atoms with Gasteiger partial charge in [-0.05, 0) is 18.9 Å². The van der Waals surface area contributed by atoms with E-state index in [2.05, 4.69) is 30.2 Å². The van der Waals surface area contributed by atoms with E-state index in [0.29, 0.717) is 16.4 Å². The highest BCUT2D eigenvalue weighted by Crippen LogP contribution is 2.30. The Labute approximate surface area is 178 Å². The van der Waals surface area contributed by atoms with Gasteiger partial charge in [0.1, 0.15) is 5.56 Å². The Bertz CT molecular complexity index is 1090. The standard InChI is InChI=1S/C20H23ClN8O/c21-13-10-24-19-17(18(22)26-29(19)12-13)20(30)25-15-11-23-5-4-16(15)28-8-6-27(7-9-28)14-2-1-3-14/h4-5,10-12,14H,1-3,6-9H2,(H2,22,26)(H,25,30). The number of aromatic nitrogens is 4. The fourth-order valence-electron chi connectivity index (χ4n) is 4.17. The van der Waals surface area contributed by atoms with Gasteiger partial charge in [-0.1, -0.05) is 18.0 Å². The van der Waals surface area contributed by atoms with E-state index in [-0.39, 0.29) is 17.3 Å². The first-order valence-electron chi connectivity index (χ1n) is 10.1. The van der Waals surface area contributed by atoms with Crippen LogP contribution in [0.3, 0.4) is 0 Å². The highest BCUT2D eigenvalue weighted by atomic mass is 35.5. The molecule has 0 radical (unpaired) electrons. The number of nitrogen functional groups attached to an aromatic ring is 1. The third-order valence-electron chi connectivity index (χ3n) is 5.99. The molecule has 0 aromatic carbocycles. The van der Waals surface area contributed by atoms with E-state index in [0.717, 1.165) is 37.9 Å². The Balaban J connectivity index is 1.36. The summed E-state index contributed by atoms with van der Waals surface area (Å²) in [4.78, 5) is 26.3. The predicted molar refractivity (Wildman–Crippen MR) is 116 cm³/mol. The van der Waals surface area contributed by atoms with Crippen LogP contribution in [0.1, 0.15) is 29.6 Å². The first kappa shape index (κ1) is 19.1. The first-order chi connectivity index (χ1) is 14.6. The second-order valence-electron chi connectivity index (χ2n) is 7.76. The average Bonchev–Trinajstić information content (AvgIpc) is 3.02. The van der Waals surface area contributed by atoms with Gasteiger partial charge in [-0.15, -0.1) is 5.10 Å². The minimum atomic E-state index is -0.375. The maximum absolute atomic E-state index is 13.0. The third-order valence-corrected chi connectivity index (χ3v) is 6.18. The normalized spacial score (nSPS) is 17.8. The Morgan fingerprint density at radius 3 is 2.73 bits per heavy atom. The summed E-state index contributed by atoms with van der Waals surface area (Å²) in [5, 5.41) is 7.50. The maximum Gasteiger partial charge on any atom is 0.263 e. The Morgan fingerprint density at radius 2 is 2.00 bits per heavy atom. The van der Waals surface area contributed by atoms with Gasteiger partial charge >= 0.3 is 0 Å². The van der Waals surface area contributed by atoms with Crippen LogP contribution >= 0.6 is 11.6 Å². The van der Waals surface area contributed by atoms with Crippen molar-refractivity contribution < 1.29 is 4.79 Å². The number of hydrogen-bond acceptors (Lipinski definition) is 7. The number of nitrogens with one attached hydrogen (secondary N) is 1. The lowest BCUT2D eigenvalue weighted by Crippen LogP contribution is -2.52. The number of carbonyl (C=O) groups excluding carboxylic acids is 1. The molecule has 1 aliphatic heterocycles. The Kier molecular flexibility index (Phi) is 4.92. The first-order valence-corrected chi connectivity index (χ1v) is 10.5. The largest absolute Gasteiger partial charge is 0.381 e. The summed E-state index contributed by atoms with van der Waals surface area (Å²) in [6, 6.07) is 2.69. The SMILES string of the molecule is Nc1nn2cc(Cl)cnc2c1C(=O)Nc1cnccc1N1CCN(C2CCC2)CC1. The van der Waals surface area contributed by atoms with E-state index in [4.69, 9.17) is 17.3 Å². The molecule has 3 N–H and O–H groups in total. The van der Waals surface area contributed by atoms with E-state index >= 15 is 0 Å². The van der Waals surface area contributed by atoms with Gasteiger partial charge in [0.05, 0.1) is 28.8 Å². The van der Waals surface area contributed by atoms with Crippen molar-refractivity contribution in [2.24, 2.45) is 0 Å². The molecule has 10 heteroatoms. The van der Waals surface area contributed by atoms with Crippen LogP contribution in [0.4, 0.5) is 17.2 Å². The van der Waals surface area contributed by atoms with E-state index < -0.39 is 0 Å². The molecule has 9 nitrogen and oxygen atoms in total. The number of nitrogens with zero attached hydrogens (tertiary/aromatic N) is 6. The molecule has 1 saturated carbocycles. The number of fused-ring (bicyclic) bond motifs is 1. The molecule has 3 aromatic rings. The number of halogens is 1. The van der Waals surface area contributed by atoms with Gasteiger partial charge in [0.25, 0.3) is 5.91 Å². The topological polar surface area (TPSA) is 105 Å². The monoisotopic (exact) mass is 426 g/mol. The molecule has 0 bridgehead atoms. The second-order valence-corrected chi connectivity index (χ2v) is 8.19. The Hall–Kier alpha value is -2.91. The average molecular weight is 427 g/mol. The molecule has 2 fully saturated rings. The molecule has 2 aliphatic rings. The number of carbonyl (C=O) groups is 1. The summed E-state index contributed by atoms with van der Waals surface area (Å²) in [6.07, 6.45) is 10.4. The van der Waals surface area contributed by atoms with Gasteiger partial charge in [0.2, 0.25) is 0 Å². The van der Waals surface area contributed by atoms with Crippen molar-refractivity contribution in [3.8, 4) is 0 Å². The van der Waals surface area contributed by atoms with Crippen molar-refractivity contribution in [2.45, 2.75) is 25.3 Å². The summed E-state index contributed by atoms with van der Waals surface area (Å²) in [6.45, 7) is 3.91. The summed E-state index contributed by atoms with van der Waals surface area (Å²) >= 11 is 5.96. The molecule has 156 valence electrons. The van der Waals surface area contributed by atoms with E-state index in [1.54, 1.807) is 18.6 Å². The maximum atomic E-state index is 13.0. The van der Waals surface area contributed by atoms with Crippen LogP contribution in [0.5, 0.6) is 0 Å². The molecular formula is C20H23ClN8O. The van der Waals surface area contributed by atoms with Crippen LogP contribution in [0.15, 0.2) is 30.9 Å². The van der Waals surface area contributed by atoms with Crippen molar-refractivity contribution in [2.75, 3.05) is 42.1 Å². The predicted octanol–water partition coefficient (Wildman–Crippen LogP) is 2.29. The molecule has 3 aromatic heterocycles. The fraction of sp³-hybridized carbons (Fsp3) is 0.400. The number of anilines is 3. The third kappa shape index (κ3) is 3.44. The van der Waals surface area contributed by atoms with Gasteiger partial charge in [-0.2, -0.15) is 0 Å². The minimum Gasteiger partial charge on any atom is -0.381 e. The van der Waals surface area contributed by atoms with Crippen LogP contribution in [0.25, 0.3) is 5.65 Å². The number of pyridine rings is 1. The lowest BCUT2D eigenvalue weighted by molar-refractivity contribution is 0.102. The summed E-state index contributed by atoms with van der Waals surface area (Å²) in [7, 11) is 0. The fourth-order valence-corrected chi connectivity index (χ4v) is 4.31. The van der Waals surface area contributed by atoms with Crippen molar-refractivity contribution in [1.29, 1.82) is 0 Å². The zero-order chi connectivity index (χ0) is 20.7. The highest BCUT2D eigenvalue weighted by Gasteiger charge is 2.29. The molecule has 30 heavy (non-hydrogen) atoms. The summed E-state index contributed by atoms with van der Waals surface area (Å²) < 4.78 is 1.41. The Morgan fingerprint density at radius 1 is 1.20 bits per heavy atom. The van der Waals surface area contributed by atoms with Crippen LogP contribution in [0, 0.1) is 0 Å². The van der Waals surface area contributed by atoms with Crippen LogP contribution < -0.4 is 16.0 Å². The molecular weight excluding hydrogens is 404 g/mol. The quantitative estimate of drug-likeness (QED) is 0.659. The molecule has 1 amide bonds. The van der Waals surface area contributed by atoms with Crippen LogP contribution in [-0.2, 0) is 0 Å². The molecule has 1 saturated heterocycles. The number of hydrogen-bond donors (Lipinski definition) is 2. The molecule has 0 unspecified atom stereocenters. The molecule has 1 aliphatic carbocycles. The van der Waals surface area contributed by atoms with Gasteiger partial charge in [0, 0.05) is 44.6 Å². The second kappa shape index (κ2) is 7.73. The van der Waals surface area contributed by atoms with Crippen molar-refractivity contribution in [1.82, 2.24) is 24.5 Å². The number of amides is 1. The van der Waals surface area contributed by atoms with E-state index in [1.165, 1.54) is 30.0 Å². The minimum absolute atomic E-state index is 0.0989. The van der Waals surface area contributed by atoms with Gasteiger partial charge in [-0.25, -0.2) is 9.50 Å². The van der Waals surface area contributed by atoms with Crippen LogP contribution in [-0.4, -0.2) is 62.6 Å². The lowest BCUT2D eigenvalue weighted by atomic mass is 9.91. The van der Waals surface area contributed by atoms with Crippen molar-refractivity contribution in [3.63, 3.8) is 0 Å². The lowest BCUT2D eigenvalue weighted by Gasteiger charge is -2.43. The van der Waals surface area contributed by atoms with Crippen molar-refractivity contribution in [3.05, 3.63) is 41.4 Å². The molecule has 0 atom stereocenters. The molecule has 4 heterocycles. The number of rotatable bonds is 4. The van der Waals surface area contributed by atoms with Crippen molar-refractivity contribution >= 4 is 40.3 Å².